The van der Waals surface area contributed by atoms with E-state index in [0.29, 0.717) is 5.41 Å². The number of fused-ring (bicyclic) bond motifs is 1. The first-order valence-corrected chi connectivity index (χ1v) is 6.83. The van der Waals surface area contributed by atoms with Crippen molar-refractivity contribution in [2.45, 2.75) is 36.6 Å². The van der Waals surface area contributed by atoms with E-state index in [1.165, 1.54) is 40.6 Å². The molecule has 1 heterocycles. The topological polar surface area (TPSA) is 26.0 Å². The van der Waals surface area contributed by atoms with Gasteiger partial charge in [-0.2, -0.15) is 0 Å². The first-order chi connectivity index (χ1) is 7.74. The van der Waals surface area contributed by atoms with Crippen molar-refractivity contribution in [1.82, 2.24) is 0 Å². The van der Waals surface area contributed by atoms with Gasteiger partial charge in [0.2, 0.25) is 0 Å². The Bertz CT molecular complexity index is 528. The predicted molar refractivity (Wildman–Crippen MR) is 68.9 cm³/mol. The molecule has 2 fully saturated rings. The molecular formula is C14H15NS. The predicted octanol–water partition coefficient (Wildman–Crippen LogP) is 3.42. The smallest absolute Gasteiger partial charge is 0.0345 e. The van der Waals surface area contributed by atoms with E-state index in [9.17, 15) is 0 Å². The molecule has 2 N–H and O–H groups in total. The van der Waals surface area contributed by atoms with Crippen molar-refractivity contribution in [2.75, 3.05) is 0 Å². The minimum absolute atomic E-state index is 0.147. The van der Waals surface area contributed by atoms with Crippen LogP contribution in [0, 0.1) is 0 Å². The molecule has 0 saturated heterocycles. The summed E-state index contributed by atoms with van der Waals surface area (Å²) in [7, 11) is 0. The van der Waals surface area contributed by atoms with Gasteiger partial charge < -0.3 is 5.73 Å². The summed E-state index contributed by atoms with van der Waals surface area (Å²) in [5, 5.41) is 1.39. The lowest BCUT2D eigenvalue weighted by Crippen LogP contribution is -2.36. The molecule has 0 radical (unpaired) electrons. The Morgan fingerprint density at radius 1 is 1.06 bits per heavy atom. The monoisotopic (exact) mass is 229 g/mol. The molecule has 0 unspecified atom stereocenters. The first-order valence-electron chi connectivity index (χ1n) is 6.02. The van der Waals surface area contributed by atoms with Crippen LogP contribution in [-0.2, 0) is 5.41 Å². The molecule has 0 spiro atoms. The molecule has 82 valence electrons. The first kappa shape index (κ1) is 9.20. The fourth-order valence-corrected chi connectivity index (χ4v) is 4.36. The van der Waals surface area contributed by atoms with Gasteiger partial charge in [-0.15, -0.1) is 11.3 Å². The van der Waals surface area contributed by atoms with Crippen LogP contribution in [0.4, 0.5) is 0 Å². The van der Waals surface area contributed by atoms with Gasteiger partial charge in [0.15, 0.2) is 0 Å². The lowest BCUT2D eigenvalue weighted by Gasteiger charge is -2.21. The Morgan fingerprint density at radius 2 is 1.81 bits per heavy atom. The molecule has 0 atom stereocenters. The maximum absolute atomic E-state index is 6.45. The summed E-state index contributed by atoms with van der Waals surface area (Å²) in [6.07, 6.45) is 5.05. The third kappa shape index (κ3) is 1.04. The van der Waals surface area contributed by atoms with Gasteiger partial charge in [0, 0.05) is 20.5 Å². The van der Waals surface area contributed by atoms with E-state index in [-0.39, 0.29) is 5.54 Å². The van der Waals surface area contributed by atoms with Crippen LogP contribution in [0.15, 0.2) is 30.3 Å². The third-order valence-corrected chi connectivity index (χ3v) is 5.71. The molecule has 0 bridgehead atoms. The summed E-state index contributed by atoms with van der Waals surface area (Å²) >= 11 is 1.95. The number of hydrogen-bond donors (Lipinski definition) is 1. The molecule has 1 aromatic carbocycles. The van der Waals surface area contributed by atoms with Gasteiger partial charge >= 0.3 is 0 Å². The number of hydrogen-bond acceptors (Lipinski definition) is 2. The van der Waals surface area contributed by atoms with E-state index in [2.05, 4.69) is 30.3 Å². The fourth-order valence-electron chi connectivity index (χ4n) is 2.95. The van der Waals surface area contributed by atoms with Crippen molar-refractivity contribution < 1.29 is 0 Å². The molecular weight excluding hydrogens is 214 g/mol. The molecule has 1 nitrogen and oxygen atoms in total. The zero-order chi connectivity index (χ0) is 10.8. The van der Waals surface area contributed by atoms with Gasteiger partial charge in [-0.1, -0.05) is 18.2 Å². The zero-order valence-electron chi connectivity index (χ0n) is 9.20. The van der Waals surface area contributed by atoms with Crippen LogP contribution >= 0.6 is 11.3 Å². The van der Waals surface area contributed by atoms with Crippen molar-refractivity contribution in [3.63, 3.8) is 0 Å². The second-order valence-corrected chi connectivity index (χ2v) is 6.47. The molecule has 16 heavy (non-hydrogen) atoms. The summed E-state index contributed by atoms with van der Waals surface area (Å²) in [6.45, 7) is 0. The zero-order valence-corrected chi connectivity index (χ0v) is 10.0. The van der Waals surface area contributed by atoms with E-state index in [0.717, 1.165) is 0 Å². The van der Waals surface area contributed by atoms with Crippen molar-refractivity contribution in [3.8, 4) is 0 Å². The average Bonchev–Trinajstić information content (AvgIpc) is 3.18. The molecule has 1 aromatic heterocycles. The lowest BCUT2D eigenvalue weighted by atomic mass is 9.92. The molecule has 2 saturated carbocycles. The quantitative estimate of drug-likeness (QED) is 0.839. The van der Waals surface area contributed by atoms with Crippen LogP contribution in [0.25, 0.3) is 10.1 Å². The lowest BCUT2D eigenvalue weighted by molar-refractivity contribution is 0.511. The fraction of sp³-hybridized carbons (Fsp3) is 0.429. The average molecular weight is 229 g/mol. The molecule has 2 heteroatoms. The highest BCUT2D eigenvalue weighted by atomic mass is 32.1. The molecule has 4 rings (SSSR count). The van der Waals surface area contributed by atoms with Gasteiger partial charge in [0.25, 0.3) is 0 Å². The highest BCUT2D eigenvalue weighted by molar-refractivity contribution is 7.19. The summed E-state index contributed by atoms with van der Waals surface area (Å²) in [5.74, 6) is 0. The van der Waals surface area contributed by atoms with Crippen LogP contribution < -0.4 is 5.73 Å². The van der Waals surface area contributed by atoms with Gasteiger partial charge in [-0.25, -0.2) is 0 Å². The maximum atomic E-state index is 6.45. The van der Waals surface area contributed by atoms with Crippen molar-refractivity contribution in [3.05, 3.63) is 35.2 Å². The Hall–Kier alpha value is -0.860. The van der Waals surface area contributed by atoms with Crippen molar-refractivity contribution in [2.24, 2.45) is 5.73 Å². The normalized spacial score (nSPS) is 24.6. The minimum atomic E-state index is 0.147. The number of thiophene rings is 1. The number of benzene rings is 1. The van der Waals surface area contributed by atoms with E-state index in [4.69, 9.17) is 5.73 Å². The van der Waals surface area contributed by atoms with Crippen LogP contribution in [0.2, 0.25) is 0 Å². The standard InChI is InChI=1S/C14H15NS/c15-14(7-8-14)13(5-6-13)12-9-10-3-1-2-4-11(10)16-12/h1-4,9H,5-8,15H2. The molecule has 2 aliphatic rings. The Kier molecular flexibility index (Phi) is 1.55. The maximum Gasteiger partial charge on any atom is 0.0345 e. The van der Waals surface area contributed by atoms with Crippen LogP contribution in [-0.4, -0.2) is 5.54 Å². The summed E-state index contributed by atoms with van der Waals surface area (Å²) in [6, 6.07) is 11.0. The Balaban J connectivity index is 1.88. The van der Waals surface area contributed by atoms with E-state index < -0.39 is 0 Å². The van der Waals surface area contributed by atoms with Crippen LogP contribution in [0.3, 0.4) is 0 Å². The highest BCUT2D eigenvalue weighted by Gasteiger charge is 2.64. The molecule has 0 aliphatic heterocycles. The third-order valence-electron chi connectivity index (χ3n) is 4.39. The van der Waals surface area contributed by atoms with Gasteiger partial charge in [-0.05, 0) is 43.2 Å². The summed E-state index contributed by atoms with van der Waals surface area (Å²) in [4.78, 5) is 1.54. The van der Waals surface area contributed by atoms with Gasteiger partial charge in [-0.3, -0.25) is 0 Å². The van der Waals surface area contributed by atoms with Crippen molar-refractivity contribution in [1.29, 1.82) is 0 Å². The number of nitrogens with two attached hydrogens (primary N) is 1. The van der Waals surface area contributed by atoms with Gasteiger partial charge in [0.1, 0.15) is 0 Å². The Labute approximate surface area is 99.3 Å². The molecule has 0 amide bonds. The summed E-state index contributed by atoms with van der Waals surface area (Å²) in [5.41, 5.74) is 6.95. The highest BCUT2D eigenvalue weighted by Crippen LogP contribution is 2.65. The minimum Gasteiger partial charge on any atom is -0.324 e. The van der Waals surface area contributed by atoms with E-state index in [1.54, 1.807) is 0 Å². The molecule has 2 aromatic rings. The SMILES string of the molecule is NC1(C2(c3cc4ccccc4s3)CC2)CC1. The van der Waals surface area contributed by atoms with Crippen LogP contribution in [0.5, 0.6) is 0 Å². The second kappa shape index (κ2) is 2.69. The van der Waals surface area contributed by atoms with Gasteiger partial charge in [0.05, 0.1) is 0 Å². The molecule has 2 aliphatic carbocycles. The summed E-state index contributed by atoms with van der Waals surface area (Å²) < 4.78 is 1.41. The largest absolute Gasteiger partial charge is 0.324 e. The van der Waals surface area contributed by atoms with Crippen LogP contribution in [0.1, 0.15) is 30.6 Å². The second-order valence-electron chi connectivity index (χ2n) is 5.39. The van der Waals surface area contributed by atoms with E-state index >= 15 is 0 Å². The number of rotatable bonds is 2. The van der Waals surface area contributed by atoms with E-state index in [1.807, 2.05) is 11.3 Å². The Morgan fingerprint density at radius 3 is 2.44 bits per heavy atom. The van der Waals surface area contributed by atoms with Crippen molar-refractivity contribution >= 4 is 21.4 Å².